The Hall–Kier alpha value is -2.74. The van der Waals surface area contributed by atoms with E-state index in [0.717, 1.165) is 37.3 Å². The van der Waals surface area contributed by atoms with Crippen LogP contribution in [0.2, 0.25) is 0 Å². The van der Waals surface area contributed by atoms with Gasteiger partial charge in [-0.1, -0.05) is 11.6 Å². The normalized spacial score (nSPS) is 19.0. The molecule has 1 aliphatic carbocycles. The summed E-state index contributed by atoms with van der Waals surface area (Å²) in [4.78, 5) is 30.2. The summed E-state index contributed by atoms with van der Waals surface area (Å²) in [5.74, 6) is -1.73. The summed E-state index contributed by atoms with van der Waals surface area (Å²) in [6.45, 7) is 1.65. The molecule has 2 aromatic heterocycles. The van der Waals surface area contributed by atoms with Crippen molar-refractivity contribution in [2.45, 2.75) is 31.7 Å². The summed E-state index contributed by atoms with van der Waals surface area (Å²) >= 11 is 0. The molecule has 0 aromatic carbocycles. The van der Waals surface area contributed by atoms with Crippen LogP contribution in [0.4, 0.5) is 10.2 Å². The fourth-order valence-corrected chi connectivity index (χ4v) is 3.66. The number of hydrogen-bond acceptors (Lipinski definition) is 5. The lowest BCUT2D eigenvalue weighted by molar-refractivity contribution is 0.0695. The van der Waals surface area contributed by atoms with E-state index < -0.39 is 17.2 Å². The van der Waals surface area contributed by atoms with Gasteiger partial charge in [0.1, 0.15) is 11.2 Å². The minimum atomic E-state index is -1.31. The first-order valence-electron chi connectivity index (χ1n) is 9.11. The molecule has 8 heteroatoms. The third kappa shape index (κ3) is 3.21. The number of fused-ring (bicyclic) bond motifs is 1. The van der Waals surface area contributed by atoms with E-state index in [-0.39, 0.29) is 22.8 Å². The molecule has 3 heterocycles. The van der Waals surface area contributed by atoms with Gasteiger partial charge in [-0.15, -0.1) is 0 Å². The molecule has 142 valence electrons. The van der Waals surface area contributed by atoms with Crippen LogP contribution in [0, 0.1) is 5.82 Å². The summed E-state index contributed by atoms with van der Waals surface area (Å²) in [6, 6.07) is 1.23. The Morgan fingerprint density at radius 3 is 2.89 bits per heavy atom. The van der Waals surface area contributed by atoms with Crippen LogP contribution in [0.3, 0.4) is 0 Å². The van der Waals surface area contributed by atoms with Gasteiger partial charge in [0.15, 0.2) is 11.6 Å². The van der Waals surface area contributed by atoms with Gasteiger partial charge in [-0.25, -0.2) is 14.2 Å². The molecule has 3 N–H and O–H groups in total. The minimum absolute atomic E-state index is 0.0118. The zero-order valence-electron chi connectivity index (χ0n) is 14.8. The number of nitrogens with two attached hydrogens (primary N) is 1. The van der Waals surface area contributed by atoms with Gasteiger partial charge in [0.05, 0.1) is 5.39 Å². The van der Waals surface area contributed by atoms with E-state index in [0.29, 0.717) is 25.3 Å². The van der Waals surface area contributed by atoms with E-state index in [1.54, 1.807) is 4.57 Å². The Kier molecular flexibility index (Phi) is 4.43. The molecule has 2 aliphatic rings. The van der Waals surface area contributed by atoms with Crippen molar-refractivity contribution >= 4 is 22.8 Å². The highest BCUT2D eigenvalue weighted by Gasteiger charge is 2.29. The van der Waals surface area contributed by atoms with E-state index in [1.165, 1.54) is 6.20 Å². The molecule has 0 atom stereocenters. The van der Waals surface area contributed by atoms with Gasteiger partial charge in [0.2, 0.25) is 5.43 Å². The minimum Gasteiger partial charge on any atom is -0.477 e. The predicted octanol–water partition coefficient (Wildman–Crippen LogP) is 2.05. The molecule has 1 saturated carbocycles. The standard InChI is InChI=1S/C19H21FN4O3/c20-15-8-13-16(25)14(19(26)27)10-24(12-3-4-12)17(13)22-18(15)23-7-1-2-11(9-23)5-6-21/h5,8,10,12H,1-4,6-7,9,21H2,(H,26,27)/b11-5-. The van der Waals surface area contributed by atoms with Crippen molar-refractivity contribution in [2.24, 2.45) is 5.73 Å². The van der Waals surface area contributed by atoms with Gasteiger partial charge in [0, 0.05) is 31.9 Å². The third-order valence-electron chi connectivity index (χ3n) is 5.14. The lowest BCUT2D eigenvalue weighted by atomic mass is 10.0. The summed E-state index contributed by atoms with van der Waals surface area (Å²) in [5.41, 5.74) is 6.03. The molecular formula is C19H21FN4O3. The maximum absolute atomic E-state index is 14.8. The Labute approximate surface area is 154 Å². The molecule has 0 bridgehead atoms. The summed E-state index contributed by atoms with van der Waals surface area (Å²) in [5, 5.41) is 9.32. The van der Waals surface area contributed by atoms with Gasteiger partial charge in [-0.2, -0.15) is 0 Å². The molecule has 0 radical (unpaired) electrons. The monoisotopic (exact) mass is 372 g/mol. The highest BCUT2D eigenvalue weighted by Crippen LogP contribution is 2.37. The van der Waals surface area contributed by atoms with Crippen molar-refractivity contribution in [3.63, 3.8) is 0 Å². The van der Waals surface area contributed by atoms with Crippen LogP contribution in [-0.2, 0) is 0 Å². The lowest BCUT2D eigenvalue weighted by Gasteiger charge is -2.30. The largest absolute Gasteiger partial charge is 0.477 e. The Morgan fingerprint density at radius 1 is 1.44 bits per heavy atom. The number of carbonyl (C=O) groups is 1. The zero-order chi connectivity index (χ0) is 19.1. The number of carboxylic acid groups (broad SMARTS) is 1. The smallest absolute Gasteiger partial charge is 0.341 e. The molecular weight excluding hydrogens is 351 g/mol. The number of aromatic carboxylic acids is 1. The van der Waals surface area contributed by atoms with Crippen molar-refractivity contribution in [1.29, 1.82) is 0 Å². The number of hydrogen-bond donors (Lipinski definition) is 2. The molecule has 1 saturated heterocycles. The second-order valence-corrected chi connectivity index (χ2v) is 7.10. The topological polar surface area (TPSA) is 101 Å². The van der Waals surface area contributed by atoms with Crippen LogP contribution in [0.25, 0.3) is 11.0 Å². The van der Waals surface area contributed by atoms with E-state index in [2.05, 4.69) is 4.98 Å². The number of aromatic nitrogens is 2. The second-order valence-electron chi connectivity index (χ2n) is 7.10. The Bertz CT molecular complexity index is 1010. The van der Waals surface area contributed by atoms with Gasteiger partial charge in [-0.05, 0) is 31.7 Å². The number of nitrogens with zero attached hydrogens (tertiary/aromatic N) is 3. The van der Waals surface area contributed by atoms with Crippen molar-refractivity contribution in [1.82, 2.24) is 9.55 Å². The average Bonchev–Trinajstić information content (AvgIpc) is 3.47. The highest BCUT2D eigenvalue weighted by molar-refractivity contribution is 5.92. The SMILES string of the molecule is NC/C=C1/CCCN(c2nc3c(cc2F)c(=O)c(C(=O)O)cn3C2CC2)C1. The van der Waals surface area contributed by atoms with E-state index in [1.807, 2.05) is 11.0 Å². The molecule has 0 amide bonds. The number of piperidine rings is 1. The second kappa shape index (κ2) is 6.77. The number of halogens is 1. The van der Waals surface area contributed by atoms with Crippen molar-refractivity contribution in [2.75, 3.05) is 24.5 Å². The Balaban J connectivity index is 1.87. The van der Waals surface area contributed by atoms with E-state index >= 15 is 0 Å². The van der Waals surface area contributed by atoms with Gasteiger partial charge in [-0.3, -0.25) is 4.79 Å². The number of rotatable bonds is 4. The van der Waals surface area contributed by atoms with Crippen LogP contribution >= 0.6 is 0 Å². The fourth-order valence-electron chi connectivity index (χ4n) is 3.66. The predicted molar refractivity (Wildman–Crippen MR) is 99.8 cm³/mol. The first kappa shape index (κ1) is 17.7. The van der Waals surface area contributed by atoms with Crippen LogP contribution < -0.4 is 16.1 Å². The molecule has 0 spiro atoms. The molecule has 4 rings (SSSR count). The van der Waals surface area contributed by atoms with Gasteiger partial charge in [0.25, 0.3) is 0 Å². The molecule has 27 heavy (non-hydrogen) atoms. The average molecular weight is 372 g/mol. The van der Waals surface area contributed by atoms with E-state index in [9.17, 15) is 19.1 Å². The molecule has 2 aromatic rings. The number of pyridine rings is 2. The number of anilines is 1. The Morgan fingerprint density at radius 2 is 2.22 bits per heavy atom. The van der Waals surface area contributed by atoms with Crippen LogP contribution in [0.5, 0.6) is 0 Å². The van der Waals surface area contributed by atoms with Crippen molar-refractivity contribution < 1.29 is 14.3 Å². The molecule has 7 nitrogen and oxygen atoms in total. The third-order valence-corrected chi connectivity index (χ3v) is 5.14. The fraction of sp³-hybridized carbons (Fsp3) is 0.421. The van der Waals surface area contributed by atoms with Gasteiger partial charge >= 0.3 is 5.97 Å². The quantitative estimate of drug-likeness (QED) is 0.797. The van der Waals surface area contributed by atoms with Crippen molar-refractivity contribution in [3.8, 4) is 0 Å². The lowest BCUT2D eigenvalue weighted by Crippen LogP contribution is -2.33. The first-order chi connectivity index (χ1) is 13.0. The molecule has 0 unspecified atom stereocenters. The molecule has 1 aliphatic heterocycles. The van der Waals surface area contributed by atoms with Crippen LogP contribution in [0.1, 0.15) is 42.1 Å². The number of carboxylic acids is 1. The first-order valence-corrected chi connectivity index (χ1v) is 9.11. The maximum atomic E-state index is 14.8. The summed E-state index contributed by atoms with van der Waals surface area (Å²) in [6.07, 6.45) is 6.87. The van der Waals surface area contributed by atoms with Crippen molar-refractivity contribution in [3.05, 3.63) is 45.5 Å². The molecule has 2 fully saturated rings. The highest BCUT2D eigenvalue weighted by atomic mass is 19.1. The van der Waals surface area contributed by atoms with Crippen LogP contribution in [0.15, 0.2) is 28.7 Å². The summed E-state index contributed by atoms with van der Waals surface area (Å²) < 4.78 is 16.5. The zero-order valence-corrected chi connectivity index (χ0v) is 14.8. The van der Waals surface area contributed by atoms with E-state index in [4.69, 9.17) is 5.73 Å². The maximum Gasteiger partial charge on any atom is 0.341 e. The van der Waals surface area contributed by atoms with Gasteiger partial charge < -0.3 is 20.3 Å². The summed E-state index contributed by atoms with van der Waals surface area (Å²) in [7, 11) is 0. The van der Waals surface area contributed by atoms with Crippen LogP contribution in [-0.4, -0.2) is 40.3 Å².